The van der Waals surface area contributed by atoms with Crippen LogP contribution in [0.2, 0.25) is 0 Å². The molecule has 112 valence electrons. The first-order valence-electron chi connectivity index (χ1n) is 6.98. The van der Waals surface area contributed by atoms with Crippen LogP contribution in [-0.2, 0) is 16.1 Å². The molecule has 1 heterocycles. The Balaban J connectivity index is 1.98. The summed E-state index contributed by atoms with van der Waals surface area (Å²) in [5.41, 5.74) is 0.887. The lowest BCUT2D eigenvalue weighted by Gasteiger charge is -2.18. The molecule has 0 aromatic carbocycles. The maximum atomic E-state index is 11.5. The van der Waals surface area contributed by atoms with E-state index >= 15 is 0 Å². The fourth-order valence-electron chi connectivity index (χ4n) is 1.51. The Morgan fingerprint density at radius 3 is 2.80 bits per heavy atom. The molecule has 0 aliphatic heterocycles. The zero-order valence-corrected chi connectivity index (χ0v) is 12.6. The van der Waals surface area contributed by atoms with E-state index in [-0.39, 0.29) is 18.1 Å². The number of amides is 1. The molecule has 1 aromatic heterocycles. The van der Waals surface area contributed by atoms with Crippen LogP contribution in [0.15, 0.2) is 24.5 Å². The summed E-state index contributed by atoms with van der Waals surface area (Å²) in [6.45, 7) is 8.23. The third-order valence-electron chi connectivity index (χ3n) is 2.54. The van der Waals surface area contributed by atoms with Gasteiger partial charge >= 0.3 is 0 Å². The molecule has 0 unspecified atom stereocenters. The van der Waals surface area contributed by atoms with Gasteiger partial charge in [-0.05, 0) is 45.4 Å². The van der Waals surface area contributed by atoms with E-state index in [0.29, 0.717) is 6.54 Å². The third kappa shape index (κ3) is 8.61. The van der Waals surface area contributed by atoms with Crippen molar-refractivity contribution >= 4 is 5.91 Å². The van der Waals surface area contributed by atoms with Gasteiger partial charge < -0.3 is 15.4 Å². The number of aromatic nitrogens is 1. The molecule has 1 rings (SSSR count). The topological polar surface area (TPSA) is 63.2 Å². The number of pyridine rings is 1. The summed E-state index contributed by atoms with van der Waals surface area (Å²) >= 11 is 0. The molecule has 1 aromatic rings. The first-order chi connectivity index (χ1) is 9.47. The van der Waals surface area contributed by atoms with Crippen molar-refractivity contribution in [1.82, 2.24) is 15.6 Å². The maximum Gasteiger partial charge on any atom is 0.246 e. The van der Waals surface area contributed by atoms with Crippen molar-refractivity contribution in [3.63, 3.8) is 0 Å². The van der Waals surface area contributed by atoms with Crippen molar-refractivity contribution in [1.29, 1.82) is 0 Å². The lowest BCUT2D eigenvalue weighted by Crippen LogP contribution is -2.33. The van der Waals surface area contributed by atoms with Crippen molar-refractivity contribution in [2.24, 2.45) is 0 Å². The van der Waals surface area contributed by atoms with Gasteiger partial charge in [-0.3, -0.25) is 9.78 Å². The Hall–Kier alpha value is -1.46. The van der Waals surface area contributed by atoms with E-state index in [1.54, 1.807) is 6.20 Å². The Morgan fingerprint density at radius 1 is 1.35 bits per heavy atom. The number of nitrogens with one attached hydrogen (secondary N) is 2. The summed E-state index contributed by atoms with van der Waals surface area (Å²) in [5, 5.41) is 6.15. The lowest BCUT2D eigenvalue weighted by atomic mass is 10.2. The van der Waals surface area contributed by atoms with Gasteiger partial charge in [-0.2, -0.15) is 0 Å². The molecule has 5 heteroatoms. The Labute approximate surface area is 121 Å². The normalized spacial score (nSPS) is 11.3. The smallest absolute Gasteiger partial charge is 0.246 e. The van der Waals surface area contributed by atoms with Gasteiger partial charge in [0.25, 0.3) is 0 Å². The summed E-state index contributed by atoms with van der Waals surface area (Å²) in [4.78, 5) is 15.5. The second-order valence-electron chi connectivity index (χ2n) is 5.64. The van der Waals surface area contributed by atoms with Gasteiger partial charge in [0, 0.05) is 25.5 Å². The van der Waals surface area contributed by atoms with Crippen molar-refractivity contribution in [3.05, 3.63) is 30.1 Å². The molecule has 5 nitrogen and oxygen atoms in total. The van der Waals surface area contributed by atoms with Crippen molar-refractivity contribution < 1.29 is 9.53 Å². The Morgan fingerprint density at radius 2 is 2.15 bits per heavy atom. The summed E-state index contributed by atoms with van der Waals surface area (Å²) in [6.07, 6.45) is 4.50. The zero-order valence-electron chi connectivity index (χ0n) is 12.6. The molecule has 0 atom stereocenters. The second kappa shape index (κ2) is 8.66. The monoisotopic (exact) mass is 279 g/mol. The highest BCUT2D eigenvalue weighted by Crippen LogP contribution is 2.05. The molecule has 0 aliphatic carbocycles. The van der Waals surface area contributed by atoms with Crippen molar-refractivity contribution in [3.8, 4) is 0 Å². The minimum Gasteiger partial charge on any atom is -0.366 e. The van der Waals surface area contributed by atoms with E-state index in [0.717, 1.165) is 25.1 Å². The largest absolute Gasteiger partial charge is 0.366 e. The first kappa shape index (κ1) is 16.6. The SMILES string of the molecule is CC(C)(C)OCC(=O)NCCCNCc1cccnc1. The number of hydrogen-bond acceptors (Lipinski definition) is 4. The average molecular weight is 279 g/mol. The van der Waals surface area contributed by atoms with Gasteiger partial charge in [0.15, 0.2) is 0 Å². The first-order valence-corrected chi connectivity index (χ1v) is 6.98. The predicted octanol–water partition coefficient (Wildman–Crippen LogP) is 1.49. The summed E-state index contributed by atoms with van der Waals surface area (Å²) in [5.74, 6) is -0.0628. The number of hydrogen-bond donors (Lipinski definition) is 2. The average Bonchev–Trinajstić information content (AvgIpc) is 2.41. The third-order valence-corrected chi connectivity index (χ3v) is 2.54. The number of carbonyl (C=O) groups excluding carboxylic acids is 1. The molecule has 0 spiro atoms. The van der Waals surface area contributed by atoms with Crippen LogP contribution in [0.5, 0.6) is 0 Å². The number of ether oxygens (including phenoxy) is 1. The van der Waals surface area contributed by atoms with E-state index in [2.05, 4.69) is 15.6 Å². The van der Waals surface area contributed by atoms with Gasteiger partial charge in [-0.15, -0.1) is 0 Å². The van der Waals surface area contributed by atoms with E-state index in [4.69, 9.17) is 4.74 Å². The van der Waals surface area contributed by atoms with Gasteiger partial charge in [0.05, 0.1) is 5.60 Å². The number of rotatable bonds is 8. The predicted molar refractivity (Wildman–Crippen MR) is 79.3 cm³/mol. The summed E-state index contributed by atoms with van der Waals surface area (Å²) in [6, 6.07) is 3.96. The van der Waals surface area contributed by atoms with Crippen LogP contribution in [0.3, 0.4) is 0 Å². The van der Waals surface area contributed by atoms with E-state index in [1.807, 2.05) is 39.1 Å². The zero-order chi connectivity index (χ0) is 14.8. The lowest BCUT2D eigenvalue weighted by molar-refractivity contribution is -0.130. The molecule has 1 amide bonds. The fraction of sp³-hybridized carbons (Fsp3) is 0.600. The molecule has 0 saturated heterocycles. The molecule has 0 aliphatic rings. The van der Waals surface area contributed by atoms with Crippen LogP contribution >= 0.6 is 0 Å². The van der Waals surface area contributed by atoms with Gasteiger partial charge in [0.2, 0.25) is 5.91 Å². The summed E-state index contributed by atoms with van der Waals surface area (Å²) < 4.78 is 5.39. The van der Waals surface area contributed by atoms with Gasteiger partial charge in [-0.1, -0.05) is 6.07 Å². The molecular weight excluding hydrogens is 254 g/mol. The van der Waals surface area contributed by atoms with Crippen molar-refractivity contribution in [2.45, 2.75) is 39.3 Å². The van der Waals surface area contributed by atoms with Crippen LogP contribution in [0.4, 0.5) is 0 Å². The fourth-order valence-corrected chi connectivity index (χ4v) is 1.51. The maximum absolute atomic E-state index is 11.5. The Bertz CT molecular complexity index is 388. The van der Waals surface area contributed by atoms with Gasteiger partial charge in [0.1, 0.15) is 6.61 Å². The molecule has 0 bridgehead atoms. The van der Waals surface area contributed by atoms with E-state index in [9.17, 15) is 4.79 Å². The van der Waals surface area contributed by atoms with E-state index < -0.39 is 0 Å². The van der Waals surface area contributed by atoms with Crippen LogP contribution in [-0.4, -0.2) is 36.2 Å². The number of carbonyl (C=O) groups is 1. The Kier molecular flexibility index (Phi) is 7.18. The van der Waals surface area contributed by atoms with E-state index in [1.165, 1.54) is 0 Å². The highest BCUT2D eigenvalue weighted by Gasteiger charge is 2.12. The molecule has 0 saturated carbocycles. The molecule has 20 heavy (non-hydrogen) atoms. The summed E-state index contributed by atoms with van der Waals surface area (Å²) in [7, 11) is 0. The van der Waals surface area contributed by atoms with Gasteiger partial charge in [-0.25, -0.2) is 0 Å². The highest BCUT2D eigenvalue weighted by molar-refractivity contribution is 5.77. The molecule has 2 N–H and O–H groups in total. The molecule has 0 fully saturated rings. The van der Waals surface area contributed by atoms with Crippen molar-refractivity contribution in [2.75, 3.05) is 19.7 Å². The quantitative estimate of drug-likeness (QED) is 0.708. The van der Waals surface area contributed by atoms with Crippen LogP contribution in [0.1, 0.15) is 32.8 Å². The van der Waals surface area contributed by atoms with Crippen LogP contribution < -0.4 is 10.6 Å². The standard InChI is InChI=1S/C15H25N3O2/c1-15(2,3)20-12-14(19)18-9-5-8-17-11-13-6-4-7-16-10-13/h4,6-7,10,17H,5,8-9,11-12H2,1-3H3,(H,18,19). The van der Waals surface area contributed by atoms with Crippen LogP contribution in [0, 0.1) is 0 Å². The number of nitrogens with zero attached hydrogens (tertiary/aromatic N) is 1. The highest BCUT2D eigenvalue weighted by atomic mass is 16.5. The minimum atomic E-state index is -0.275. The molecular formula is C15H25N3O2. The minimum absolute atomic E-state index is 0.0628. The molecule has 0 radical (unpaired) electrons. The van der Waals surface area contributed by atoms with Crippen LogP contribution in [0.25, 0.3) is 0 Å². The second-order valence-corrected chi connectivity index (χ2v) is 5.64.